The number of benzene rings is 2. The zero-order chi connectivity index (χ0) is 24.1. The summed E-state index contributed by atoms with van der Waals surface area (Å²) >= 11 is 0. The number of rotatable bonds is 7. The van der Waals surface area contributed by atoms with Crippen LogP contribution in [0.5, 0.6) is 0 Å². The third-order valence-corrected chi connectivity index (χ3v) is 4.88. The maximum atomic E-state index is 12.9. The Morgan fingerprint density at radius 3 is 2.06 bits per heavy atom. The molecule has 0 spiro atoms. The second-order valence-corrected chi connectivity index (χ2v) is 7.68. The molecule has 0 fully saturated rings. The van der Waals surface area contributed by atoms with Crippen LogP contribution >= 0.6 is 0 Å². The van der Waals surface area contributed by atoms with Crippen molar-refractivity contribution >= 4 is 29.3 Å². The van der Waals surface area contributed by atoms with Crippen molar-refractivity contribution in [2.75, 3.05) is 17.7 Å². The van der Waals surface area contributed by atoms with Crippen LogP contribution in [-0.2, 0) is 4.79 Å². The van der Waals surface area contributed by atoms with E-state index in [1.807, 2.05) is 0 Å². The van der Waals surface area contributed by atoms with Crippen molar-refractivity contribution in [3.8, 4) is 11.3 Å². The van der Waals surface area contributed by atoms with E-state index in [0.29, 0.717) is 22.6 Å². The van der Waals surface area contributed by atoms with Crippen molar-refractivity contribution in [3.05, 3.63) is 66.2 Å². The lowest BCUT2D eigenvalue weighted by Gasteiger charge is -2.26. The lowest BCUT2D eigenvalue weighted by molar-refractivity contribution is -0.143. The van der Waals surface area contributed by atoms with Gasteiger partial charge in [-0.25, -0.2) is 14.0 Å². The van der Waals surface area contributed by atoms with E-state index in [9.17, 15) is 23.9 Å². The number of aromatic nitrogens is 1. The predicted molar refractivity (Wildman–Crippen MR) is 119 cm³/mol. The van der Waals surface area contributed by atoms with Crippen LogP contribution in [0.2, 0.25) is 0 Å². The van der Waals surface area contributed by atoms with Gasteiger partial charge in [-0.2, -0.15) is 0 Å². The molecule has 1 atom stereocenters. The largest absolute Gasteiger partial charge is 0.480 e. The van der Waals surface area contributed by atoms with E-state index in [4.69, 9.17) is 4.52 Å². The van der Waals surface area contributed by atoms with Crippen LogP contribution in [0.4, 0.5) is 20.6 Å². The molecule has 3 N–H and O–H groups in total. The lowest BCUT2D eigenvalue weighted by Crippen LogP contribution is -2.45. The van der Waals surface area contributed by atoms with E-state index in [1.165, 1.54) is 37.4 Å². The number of carbonyl (C=O) groups excluding carboxylic acids is 2. The number of carboxylic acids is 1. The number of anilines is 2. The number of likely N-dealkylation sites (N-methyl/N-ethyl adjacent to an activating group) is 1. The predicted octanol–water partition coefficient (Wildman–Crippen LogP) is 4.31. The molecule has 0 unspecified atom stereocenters. The van der Waals surface area contributed by atoms with Crippen LogP contribution in [0.15, 0.2) is 59.1 Å². The molecule has 0 aliphatic heterocycles. The first kappa shape index (κ1) is 23.5. The van der Waals surface area contributed by atoms with Crippen molar-refractivity contribution in [1.29, 1.82) is 0 Å². The first-order valence-electron chi connectivity index (χ1n) is 10.1. The zero-order valence-electron chi connectivity index (χ0n) is 18.2. The van der Waals surface area contributed by atoms with E-state index in [2.05, 4.69) is 15.8 Å². The minimum atomic E-state index is -1.10. The fourth-order valence-corrected chi connectivity index (χ4v) is 3.26. The number of carbonyl (C=O) groups is 3. The van der Waals surface area contributed by atoms with E-state index >= 15 is 0 Å². The third-order valence-electron chi connectivity index (χ3n) is 4.88. The summed E-state index contributed by atoms with van der Waals surface area (Å²) in [6.45, 7) is 3.42. The Kier molecular flexibility index (Phi) is 7.07. The first-order valence-corrected chi connectivity index (χ1v) is 10.1. The molecule has 10 heteroatoms. The molecule has 0 radical (unpaired) electrons. The third kappa shape index (κ3) is 5.73. The van der Waals surface area contributed by atoms with Crippen molar-refractivity contribution < 1.29 is 28.4 Å². The van der Waals surface area contributed by atoms with Gasteiger partial charge >= 0.3 is 12.0 Å². The van der Waals surface area contributed by atoms with Gasteiger partial charge in [0.2, 0.25) is 5.76 Å². The number of aliphatic carboxylic acids is 1. The summed E-state index contributed by atoms with van der Waals surface area (Å²) in [5, 5.41) is 18.5. The molecule has 0 aliphatic rings. The van der Waals surface area contributed by atoms with Crippen LogP contribution < -0.4 is 10.6 Å². The second-order valence-electron chi connectivity index (χ2n) is 7.68. The summed E-state index contributed by atoms with van der Waals surface area (Å²) < 4.78 is 18.1. The fourth-order valence-electron chi connectivity index (χ4n) is 3.26. The number of nitrogens with zero attached hydrogens (tertiary/aromatic N) is 2. The maximum Gasteiger partial charge on any atom is 0.326 e. The molecule has 1 heterocycles. The van der Waals surface area contributed by atoms with E-state index in [0.717, 1.165) is 4.90 Å². The monoisotopic (exact) mass is 454 g/mol. The summed E-state index contributed by atoms with van der Waals surface area (Å²) in [7, 11) is 1.40. The molecule has 9 nitrogen and oxygen atoms in total. The Balaban J connectivity index is 1.65. The van der Waals surface area contributed by atoms with Gasteiger partial charge in [-0.15, -0.1) is 0 Å². The minimum absolute atomic E-state index is 0.0831. The number of urea groups is 1. The molecule has 1 aromatic heterocycles. The molecule has 172 valence electrons. The second kappa shape index (κ2) is 9.94. The number of nitrogens with one attached hydrogen (secondary N) is 2. The highest BCUT2D eigenvalue weighted by Gasteiger charge is 2.31. The van der Waals surface area contributed by atoms with Crippen molar-refractivity contribution in [1.82, 2.24) is 10.1 Å². The van der Waals surface area contributed by atoms with Crippen molar-refractivity contribution in [2.45, 2.75) is 19.9 Å². The molecule has 3 amide bonds. The quantitative estimate of drug-likeness (QED) is 0.489. The average molecular weight is 454 g/mol. The van der Waals surface area contributed by atoms with Gasteiger partial charge in [0.25, 0.3) is 5.91 Å². The Morgan fingerprint density at radius 1 is 1.00 bits per heavy atom. The number of amides is 3. The number of hydrogen-bond donors (Lipinski definition) is 3. The van der Waals surface area contributed by atoms with E-state index in [1.54, 1.807) is 38.1 Å². The summed E-state index contributed by atoms with van der Waals surface area (Å²) in [6, 6.07) is 11.9. The van der Waals surface area contributed by atoms with Crippen LogP contribution in [-0.4, -0.2) is 46.2 Å². The van der Waals surface area contributed by atoms with Crippen LogP contribution in [0.1, 0.15) is 24.4 Å². The summed E-state index contributed by atoms with van der Waals surface area (Å²) in [5.41, 5.74) is 1.95. The molecule has 0 aliphatic carbocycles. The Morgan fingerprint density at radius 2 is 1.55 bits per heavy atom. The van der Waals surface area contributed by atoms with E-state index in [-0.39, 0.29) is 11.7 Å². The van der Waals surface area contributed by atoms with Gasteiger partial charge in [0, 0.05) is 30.1 Å². The van der Waals surface area contributed by atoms with Crippen molar-refractivity contribution in [3.63, 3.8) is 0 Å². The number of halogens is 1. The van der Waals surface area contributed by atoms with Gasteiger partial charge in [0.1, 0.15) is 17.6 Å². The maximum absolute atomic E-state index is 12.9. The zero-order valence-corrected chi connectivity index (χ0v) is 18.2. The van der Waals surface area contributed by atoms with Gasteiger partial charge in [-0.3, -0.25) is 4.79 Å². The van der Waals surface area contributed by atoms with Gasteiger partial charge < -0.3 is 25.2 Å². The van der Waals surface area contributed by atoms with Gasteiger partial charge in [-0.05, 0) is 42.3 Å². The van der Waals surface area contributed by atoms with Crippen LogP contribution in [0.25, 0.3) is 11.3 Å². The summed E-state index contributed by atoms with van der Waals surface area (Å²) in [6.07, 6.45) is 0. The van der Waals surface area contributed by atoms with Gasteiger partial charge in [0.15, 0.2) is 0 Å². The highest BCUT2D eigenvalue weighted by atomic mass is 19.1. The molecule has 0 saturated heterocycles. The smallest absolute Gasteiger partial charge is 0.326 e. The highest BCUT2D eigenvalue weighted by Crippen LogP contribution is 2.23. The molecular formula is C23H23FN4O5. The number of carboxylic acid groups (broad SMARTS) is 1. The normalized spacial score (nSPS) is 11.7. The molecular weight excluding hydrogens is 431 g/mol. The van der Waals surface area contributed by atoms with Gasteiger partial charge in [-0.1, -0.05) is 31.1 Å². The highest BCUT2D eigenvalue weighted by molar-refractivity contribution is 6.00. The fraction of sp³-hybridized carbons (Fsp3) is 0.217. The first-order chi connectivity index (χ1) is 15.7. The molecule has 3 aromatic rings. The molecule has 0 saturated carbocycles. The van der Waals surface area contributed by atoms with Gasteiger partial charge in [0.05, 0.1) is 0 Å². The van der Waals surface area contributed by atoms with Crippen LogP contribution in [0.3, 0.4) is 0 Å². The summed E-state index contributed by atoms with van der Waals surface area (Å²) in [4.78, 5) is 37.3. The molecule has 0 bridgehead atoms. The topological polar surface area (TPSA) is 125 Å². The molecule has 2 aromatic carbocycles. The van der Waals surface area contributed by atoms with Crippen LogP contribution in [0, 0.1) is 11.7 Å². The Bertz CT molecular complexity index is 1140. The number of hydrogen-bond acceptors (Lipinski definition) is 5. The molecule has 33 heavy (non-hydrogen) atoms. The standard InChI is InChI=1S/C23H23FN4O5/c1-13(2)20(22(30)31)28(3)21(29)19-12-18(27-33-19)14-4-8-16(9-5-14)25-23(32)26-17-10-6-15(24)7-11-17/h4-13,20H,1-3H3,(H,30,31)(H2,25,26,32)/t20-/m0/s1. The summed E-state index contributed by atoms with van der Waals surface area (Å²) in [5.74, 6) is -2.47. The Labute approximate surface area is 189 Å². The average Bonchev–Trinajstić information content (AvgIpc) is 3.25. The van der Waals surface area contributed by atoms with E-state index < -0.39 is 29.8 Å². The van der Waals surface area contributed by atoms with Crippen molar-refractivity contribution in [2.24, 2.45) is 5.92 Å². The molecule has 3 rings (SSSR count). The SMILES string of the molecule is CC(C)[C@@H](C(=O)O)N(C)C(=O)c1cc(-c2ccc(NC(=O)Nc3ccc(F)cc3)cc2)no1. The Hall–Kier alpha value is -4.21. The minimum Gasteiger partial charge on any atom is -0.480 e. The lowest BCUT2D eigenvalue weighted by atomic mass is 10.0.